The molecular weight excluding hydrogens is 450 g/mol. The number of halogens is 1. The van der Waals surface area contributed by atoms with Crippen LogP contribution in [0, 0.1) is 18.3 Å². The number of hydrogen-bond donors (Lipinski definition) is 2. The Hall–Kier alpha value is -4.08. The minimum atomic E-state index is -1.14. The van der Waals surface area contributed by atoms with Crippen LogP contribution in [0.1, 0.15) is 28.4 Å². The monoisotopic (exact) mass is 471 g/mol. The quantitative estimate of drug-likeness (QED) is 0.317. The van der Waals surface area contributed by atoms with Crippen LogP contribution in [0.5, 0.6) is 0 Å². The first-order valence-corrected chi connectivity index (χ1v) is 11.1. The molecule has 0 unspecified atom stereocenters. The van der Waals surface area contributed by atoms with E-state index in [4.69, 9.17) is 21.4 Å². The molecule has 7 heteroatoms. The zero-order chi connectivity index (χ0) is 24.1. The molecule has 0 saturated carbocycles. The SMILES string of the molecule is Cc1noc(-c2ccc(-c3ccc(CC#N)cc3)cc2)c1[C@@H](Cc1ccccc1Cl)NC(=O)O. The van der Waals surface area contributed by atoms with Crippen LogP contribution in [0.25, 0.3) is 22.5 Å². The summed E-state index contributed by atoms with van der Waals surface area (Å²) in [6.07, 6.45) is -0.403. The molecule has 4 aromatic rings. The van der Waals surface area contributed by atoms with E-state index in [9.17, 15) is 9.90 Å². The molecule has 0 saturated heterocycles. The van der Waals surface area contributed by atoms with Crippen molar-refractivity contribution in [2.45, 2.75) is 25.8 Å². The zero-order valence-electron chi connectivity index (χ0n) is 18.5. The van der Waals surface area contributed by atoms with Crippen molar-refractivity contribution in [2.75, 3.05) is 0 Å². The second kappa shape index (κ2) is 10.2. The van der Waals surface area contributed by atoms with E-state index >= 15 is 0 Å². The molecule has 34 heavy (non-hydrogen) atoms. The average Bonchev–Trinajstić information content (AvgIpc) is 3.22. The lowest BCUT2D eigenvalue weighted by molar-refractivity contribution is 0.190. The molecule has 1 atom stereocenters. The highest BCUT2D eigenvalue weighted by Crippen LogP contribution is 2.35. The largest absolute Gasteiger partial charge is 0.465 e. The van der Waals surface area contributed by atoms with E-state index in [1.54, 1.807) is 13.0 Å². The fraction of sp³-hybridized carbons (Fsp3) is 0.148. The van der Waals surface area contributed by atoms with Crippen LogP contribution in [0.4, 0.5) is 4.79 Å². The number of aromatic nitrogens is 1. The average molecular weight is 472 g/mol. The summed E-state index contributed by atoms with van der Waals surface area (Å²) < 4.78 is 5.65. The smallest absolute Gasteiger partial charge is 0.405 e. The predicted octanol–water partition coefficient (Wildman–Crippen LogP) is 6.59. The lowest BCUT2D eigenvalue weighted by Gasteiger charge is -2.18. The van der Waals surface area contributed by atoms with Crippen molar-refractivity contribution in [3.05, 3.63) is 100 Å². The molecule has 4 rings (SSSR count). The summed E-state index contributed by atoms with van der Waals surface area (Å²) in [5, 5.41) is 25.6. The molecule has 3 aromatic carbocycles. The third-order valence-electron chi connectivity index (χ3n) is 5.65. The second-order valence-electron chi connectivity index (χ2n) is 7.92. The molecule has 0 radical (unpaired) electrons. The Morgan fingerprint density at radius 2 is 1.68 bits per heavy atom. The van der Waals surface area contributed by atoms with Crippen LogP contribution in [-0.2, 0) is 12.8 Å². The number of benzene rings is 3. The van der Waals surface area contributed by atoms with Crippen LogP contribution in [0.3, 0.4) is 0 Å². The first-order valence-electron chi connectivity index (χ1n) is 10.7. The van der Waals surface area contributed by atoms with Gasteiger partial charge in [-0.3, -0.25) is 0 Å². The van der Waals surface area contributed by atoms with E-state index in [1.165, 1.54) is 0 Å². The summed E-state index contributed by atoms with van der Waals surface area (Å²) in [7, 11) is 0. The fourth-order valence-corrected chi connectivity index (χ4v) is 4.19. The normalized spacial score (nSPS) is 11.6. The lowest BCUT2D eigenvalue weighted by atomic mass is 9.94. The lowest BCUT2D eigenvalue weighted by Crippen LogP contribution is -2.29. The van der Waals surface area contributed by atoms with Gasteiger partial charge in [-0.15, -0.1) is 0 Å². The molecule has 0 aliphatic carbocycles. The minimum absolute atomic E-state index is 0.355. The van der Waals surface area contributed by atoms with E-state index in [0.29, 0.717) is 34.9 Å². The van der Waals surface area contributed by atoms with Crippen molar-refractivity contribution in [1.82, 2.24) is 10.5 Å². The van der Waals surface area contributed by atoms with Gasteiger partial charge in [-0.05, 0) is 41.7 Å². The van der Waals surface area contributed by atoms with E-state index in [-0.39, 0.29) is 0 Å². The van der Waals surface area contributed by atoms with E-state index < -0.39 is 12.1 Å². The number of hydrogen-bond acceptors (Lipinski definition) is 4. The van der Waals surface area contributed by atoms with E-state index in [0.717, 1.165) is 27.8 Å². The van der Waals surface area contributed by atoms with Gasteiger partial charge in [0.2, 0.25) is 0 Å². The van der Waals surface area contributed by atoms with Crippen LogP contribution in [-0.4, -0.2) is 16.4 Å². The molecule has 0 bridgehead atoms. The number of amides is 1. The van der Waals surface area contributed by atoms with Gasteiger partial charge in [-0.1, -0.05) is 83.5 Å². The van der Waals surface area contributed by atoms with E-state index in [1.807, 2.05) is 66.7 Å². The van der Waals surface area contributed by atoms with E-state index in [2.05, 4.69) is 16.5 Å². The molecule has 6 nitrogen and oxygen atoms in total. The summed E-state index contributed by atoms with van der Waals surface area (Å²) in [6, 6.07) is 24.6. The number of aryl methyl sites for hydroxylation is 1. The number of carboxylic acid groups (broad SMARTS) is 1. The maximum absolute atomic E-state index is 11.6. The summed E-state index contributed by atoms with van der Waals surface area (Å²) in [6.45, 7) is 1.79. The molecule has 1 heterocycles. The van der Waals surface area contributed by atoms with Gasteiger partial charge in [0, 0.05) is 16.1 Å². The Labute approximate surface area is 202 Å². The van der Waals surface area contributed by atoms with Crippen molar-refractivity contribution < 1.29 is 14.4 Å². The third kappa shape index (κ3) is 5.11. The summed E-state index contributed by atoms with van der Waals surface area (Å²) in [5.74, 6) is 0.513. The van der Waals surface area contributed by atoms with Gasteiger partial charge >= 0.3 is 6.09 Å². The molecule has 1 aromatic heterocycles. The van der Waals surface area contributed by atoms with Crippen molar-refractivity contribution in [3.63, 3.8) is 0 Å². The van der Waals surface area contributed by atoms with Gasteiger partial charge in [0.05, 0.1) is 24.2 Å². The summed E-state index contributed by atoms with van der Waals surface area (Å²) in [4.78, 5) is 11.6. The highest BCUT2D eigenvalue weighted by molar-refractivity contribution is 6.31. The van der Waals surface area contributed by atoms with Gasteiger partial charge in [-0.25, -0.2) is 4.79 Å². The molecule has 0 fully saturated rings. The number of rotatable bonds is 7. The standard InChI is InChI=1S/C27H22ClN3O3/c1-17-25(24(30-27(32)33)16-22-4-2-3-5-23(22)28)26(34-31-17)21-12-10-20(11-13-21)19-8-6-18(7-9-19)14-15-29/h2-13,24,30H,14,16H2,1H3,(H,32,33)/t24-/m1/s1. The van der Waals surface area contributed by atoms with Crippen molar-refractivity contribution in [2.24, 2.45) is 0 Å². The molecule has 170 valence electrons. The highest BCUT2D eigenvalue weighted by Gasteiger charge is 2.26. The van der Waals surface area contributed by atoms with Crippen LogP contribution in [0.2, 0.25) is 5.02 Å². The number of nitriles is 1. The van der Waals surface area contributed by atoms with Gasteiger partial charge in [-0.2, -0.15) is 5.26 Å². The summed E-state index contributed by atoms with van der Waals surface area (Å²) >= 11 is 6.34. The summed E-state index contributed by atoms with van der Waals surface area (Å²) in [5.41, 5.74) is 5.92. The van der Waals surface area contributed by atoms with Crippen molar-refractivity contribution in [3.8, 4) is 28.5 Å². The maximum Gasteiger partial charge on any atom is 0.405 e. The number of carbonyl (C=O) groups is 1. The first-order chi connectivity index (χ1) is 16.5. The third-order valence-corrected chi connectivity index (χ3v) is 6.02. The second-order valence-corrected chi connectivity index (χ2v) is 8.32. The maximum atomic E-state index is 11.6. The fourth-order valence-electron chi connectivity index (χ4n) is 3.97. The zero-order valence-corrected chi connectivity index (χ0v) is 19.2. The Kier molecular flexibility index (Phi) is 6.95. The Balaban J connectivity index is 1.66. The molecular formula is C27H22ClN3O3. The van der Waals surface area contributed by atoms with Crippen LogP contribution < -0.4 is 5.32 Å². The number of nitrogens with one attached hydrogen (secondary N) is 1. The molecule has 0 aliphatic heterocycles. The Morgan fingerprint density at radius 3 is 2.29 bits per heavy atom. The highest BCUT2D eigenvalue weighted by atomic mass is 35.5. The van der Waals surface area contributed by atoms with Crippen molar-refractivity contribution >= 4 is 17.7 Å². The number of nitrogens with zero attached hydrogens (tertiary/aromatic N) is 2. The first kappa shape index (κ1) is 23.1. The van der Waals surface area contributed by atoms with Gasteiger partial charge in [0.25, 0.3) is 0 Å². The van der Waals surface area contributed by atoms with Crippen LogP contribution >= 0.6 is 11.6 Å². The topological polar surface area (TPSA) is 99.2 Å². The molecule has 0 aliphatic rings. The van der Waals surface area contributed by atoms with Gasteiger partial charge < -0.3 is 14.9 Å². The van der Waals surface area contributed by atoms with Crippen LogP contribution in [0.15, 0.2) is 77.3 Å². The molecule has 2 N–H and O–H groups in total. The Morgan fingerprint density at radius 1 is 1.06 bits per heavy atom. The van der Waals surface area contributed by atoms with Gasteiger partial charge in [0.15, 0.2) is 5.76 Å². The predicted molar refractivity (Wildman–Crippen MR) is 130 cm³/mol. The minimum Gasteiger partial charge on any atom is -0.465 e. The Bertz CT molecular complexity index is 1340. The van der Waals surface area contributed by atoms with Crippen molar-refractivity contribution in [1.29, 1.82) is 5.26 Å². The van der Waals surface area contributed by atoms with Gasteiger partial charge in [0.1, 0.15) is 0 Å². The molecule has 0 spiro atoms. The molecule has 1 amide bonds.